The summed E-state index contributed by atoms with van der Waals surface area (Å²) < 4.78 is 11.7. The molecule has 0 radical (unpaired) electrons. The zero-order valence-electron chi connectivity index (χ0n) is 15.0. The molecule has 0 aromatic heterocycles. The van der Waals surface area contributed by atoms with Crippen molar-refractivity contribution in [2.45, 2.75) is 26.9 Å². The van der Waals surface area contributed by atoms with Gasteiger partial charge in [-0.05, 0) is 55.3 Å². The molecule has 1 unspecified atom stereocenters. The van der Waals surface area contributed by atoms with Crippen LogP contribution in [0, 0.1) is 5.92 Å². The molecule has 0 fully saturated rings. The number of rotatable bonds is 7. The summed E-state index contributed by atoms with van der Waals surface area (Å²) >= 11 is 3.36. The van der Waals surface area contributed by atoms with Gasteiger partial charge < -0.3 is 14.8 Å². The molecule has 0 saturated heterocycles. The third-order valence-electron chi connectivity index (χ3n) is 3.41. The van der Waals surface area contributed by atoms with Crippen molar-refractivity contribution in [2.24, 2.45) is 5.92 Å². The third kappa shape index (κ3) is 6.19. The van der Waals surface area contributed by atoms with Crippen molar-refractivity contribution in [2.75, 3.05) is 11.9 Å². The Bertz CT molecular complexity index is 759. The lowest BCUT2D eigenvalue weighted by atomic mass is 10.2. The van der Waals surface area contributed by atoms with E-state index >= 15 is 0 Å². The number of hydrogen-bond acceptors (Lipinski definition) is 4. The van der Waals surface area contributed by atoms with Gasteiger partial charge in [-0.3, -0.25) is 4.79 Å². The number of esters is 1. The van der Waals surface area contributed by atoms with Crippen molar-refractivity contribution in [1.82, 2.24) is 0 Å². The molecule has 0 spiro atoms. The molecule has 2 aromatic rings. The van der Waals surface area contributed by atoms with E-state index in [-0.39, 0.29) is 17.8 Å². The lowest BCUT2D eigenvalue weighted by Crippen LogP contribution is -2.30. The molecule has 26 heavy (non-hydrogen) atoms. The van der Waals surface area contributed by atoms with Crippen LogP contribution in [-0.4, -0.2) is 24.6 Å². The second-order valence-electron chi connectivity index (χ2n) is 6.28. The molecule has 0 aliphatic heterocycles. The number of anilines is 1. The van der Waals surface area contributed by atoms with Gasteiger partial charge in [0, 0.05) is 10.2 Å². The molecular weight excluding hydrogens is 398 g/mol. The van der Waals surface area contributed by atoms with Crippen molar-refractivity contribution >= 4 is 33.5 Å². The number of amides is 1. The highest BCUT2D eigenvalue weighted by molar-refractivity contribution is 9.10. The Labute approximate surface area is 161 Å². The first-order valence-corrected chi connectivity index (χ1v) is 9.14. The molecule has 0 heterocycles. The van der Waals surface area contributed by atoms with Gasteiger partial charge in [-0.2, -0.15) is 0 Å². The monoisotopic (exact) mass is 419 g/mol. The minimum absolute atomic E-state index is 0.278. The maximum Gasteiger partial charge on any atom is 0.338 e. The van der Waals surface area contributed by atoms with Crippen LogP contribution in [0.25, 0.3) is 0 Å². The Morgan fingerprint density at radius 3 is 2.38 bits per heavy atom. The number of ether oxygens (including phenoxy) is 2. The van der Waals surface area contributed by atoms with Crippen LogP contribution in [-0.2, 0) is 9.53 Å². The summed E-state index contributed by atoms with van der Waals surface area (Å²) in [5, 5.41) is 2.77. The maximum atomic E-state index is 12.3. The fourth-order valence-corrected chi connectivity index (χ4v) is 2.44. The molecule has 1 N–H and O–H groups in total. The highest BCUT2D eigenvalue weighted by Gasteiger charge is 2.15. The average molecular weight is 420 g/mol. The van der Waals surface area contributed by atoms with E-state index in [4.69, 9.17) is 9.47 Å². The molecule has 1 amide bonds. The summed E-state index contributed by atoms with van der Waals surface area (Å²) in [7, 11) is 0. The zero-order chi connectivity index (χ0) is 19.1. The molecule has 138 valence electrons. The topological polar surface area (TPSA) is 64.6 Å². The van der Waals surface area contributed by atoms with E-state index in [1.54, 1.807) is 43.3 Å². The number of carbonyl (C=O) groups is 2. The SMILES string of the molecule is CC(C)COC(=O)c1ccc(NC(=O)C(C)Oc2cccc(Br)c2)cc1. The number of nitrogens with one attached hydrogen (secondary N) is 1. The van der Waals surface area contributed by atoms with E-state index in [1.807, 2.05) is 26.0 Å². The van der Waals surface area contributed by atoms with Crippen molar-refractivity contribution < 1.29 is 19.1 Å². The quantitative estimate of drug-likeness (QED) is 0.662. The molecule has 0 aliphatic rings. The molecule has 1 atom stereocenters. The number of carbonyl (C=O) groups excluding carboxylic acids is 2. The number of benzene rings is 2. The summed E-state index contributed by atoms with van der Waals surface area (Å²) in [6.07, 6.45) is -0.667. The highest BCUT2D eigenvalue weighted by atomic mass is 79.9. The largest absolute Gasteiger partial charge is 0.481 e. The maximum absolute atomic E-state index is 12.3. The Balaban J connectivity index is 1.91. The highest BCUT2D eigenvalue weighted by Crippen LogP contribution is 2.19. The fourth-order valence-electron chi connectivity index (χ4n) is 2.06. The molecule has 2 rings (SSSR count). The van der Waals surface area contributed by atoms with E-state index < -0.39 is 6.10 Å². The van der Waals surface area contributed by atoms with E-state index in [1.165, 1.54) is 0 Å². The molecule has 0 saturated carbocycles. The van der Waals surface area contributed by atoms with E-state index in [0.29, 0.717) is 23.6 Å². The first-order valence-electron chi connectivity index (χ1n) is 8.35. The van der Waals surface area contributed by atoms with Gasteiger partial charge in [0.1, 0.15) is 5.75 Å². The van der Waals surface area contributed by atoms with Gasteiger partial charge in [-0.25, -0.2) is 4.79 Å². The summed E-state index contributed by atoms with van der Waals surface area (Å²) in [6, 6.07) is 13.9. The molecule has 6 heteroatoms. The third-order valence-corrected chi connectivity index (χ3v) is 3.91. The minimum atomic E-state index is -0.667. The van der Waals surface area contributed by atoms with Crippen LogP contribution in [0.3, 0.4) is 0 Å². The van der Waals surface area contributed by atoms with Crippen molar-refractivity contribution in [1.29, 1.82) is 0 Å². The molecule has 5 nitrogen and oxygen atoms in total. The first-order chi connectivity index (χ1) is 12.3. The van der Waals surface area contributed by atoms with Crippen molar-refractivity contribution in [3.8, 4) is 5.75 Å². The standard InChI is InChI=1S/C20H22BrNO4/c1-13(2)12-25-20(24)15-7-9-17(10-8-15)22-19(23)14(3)26-18-6-4-5-16(21)11-18/h4-11,13-14H,12H2,1-3H3,(H,22,23). The van der Waals surface area contributed by atoms with E-state index in [2.05, 4.69) is 21.2 Å². The van der Waals surface area contributed by atoms with Gasteiger partial charge in [-0.1, -0.05) is 35.8 Å². The number of hydrogen-bond donors (Lipinski definition) is 1. The summed E-state index contributed by atoms with van der Waals surface area (Å²) in [6.45, 7) is 6.00. The Kier molecular flexibility index (Phi) is 7.21. The molecule has 0 bridgehead atoms. The van der Waals surface area contributed by atoms with Gasteiger partial charge in [0.25, 0.3) is 5.91 Å². The van der Waals surface area contributed by atoms with Crippen LogP contribution < -0.4 is 10.1 Å². The molecular formula is C20H22BrNO4. The van der Waals surface area contributed by atoms with E-state index in [0.717, 1.165) is 4.47 Å². The van der Waals surface area contributed by atoms with Gasteiger partial charge in [-0.15, -0.1) is 0 Å². The van der Waals surface area contributed by atoms with Gasteiger partial charge in [0.05, 0.1) is 12.2 Å². The average Bonchev–Trinajstić information content (AvgIpc) is 2.60. The summed E-state index contributed by atoms with van der Waals surface area (Å²) in [4.78, 5) is 24.1. The fraction of sp³-hybridized carbons (Fsp3) is 0.300. The van der Waals surface area contributed by atoms with Crippen LogP contribution in [0.5, 0.6) is 5.75 Å². The van der Waals surface area contributed by atoms with Crippen molar-refractivity contribution in [3.05, 3.63) is 58.6 Å². The summed E-state index contributed by atoms with van der Waals surface area (Å²) in [5.41, 5.74) is 1.03. The minimum Gasteiger partial charge on any atom is -0.481 e. The normalized spacial score (nSPS) is 11.7. The van der Waals surface area contributed by atoms with Crippen LogP contribution >= 0.6 is 15.9 Å². The first kappa shape index (κ1) is 20.0. The van der Waals surface area contributed by atoms with Crippen molar-refractivity contribution in [3.63, 3.8) is 0 Å². The van der Waals surface area contributed by atoms with Gasteiger partial charge in [0.15, 0.2) is 6.10 Å². The number of halogens is 1. The van der Waals surface area contributed by atoms with Crippen LogP contribution in [0.2, 0.25) is 0 Å². The van der Waals surface area contributed by atoms with Gasteiger partial charge in [0.2, 0.25) is 0 Å². The van der Waals surface area contributed by atoms with E-state index in [9.17, 15) is 9.59 Å². The lowest BCUT2D eigenvalue weighted by Gasteiger charge is -2.15. The Hall–Kier alpha value is -2.34. The second-order valence-corrected chi connectivity index (χ2v) is 7.19. The predicted octanol–water partition coefficient (Wildman–Crippen LogP) is 4.67. The smallest absolute Gasteiger partial charge is 0.338 e. The lowest BCUT2D eigenvalue weighted by molar-refractivity contribution is -0.122. The predicted molar refractivity (Wildman–Crippen MR) is 104 cm³/mol. The second kappa shape index (κ2) is 9.38. The molecule has 0 aliphatic carbocycles. The molecule has 2 aromatic carbocycles. The Morgan fingerprint density at radius 1 is 1.08 bits per heavy atom. The van der Waals surface area contributed by atoms with Gasteiger partial charge >= 0.3 is 5.97 Å². The van der Waals surface area contributed by atoms with Crippen LogP contribution in [0.4, 0.5) is 5.69 Å². The van der Waals surface area contributed by atoms with Crippen LogP contribution in [0.15, 0.2) is 53.0 Å². The summed E-state index contributed by atoms with van der Waals surface area (Å²) in [5.74, 6) is 0.234. The Morgan fingerprint density at radius 2 is 1.77 bits per heavy atom. The zero-order valence-corrected chi connectivity index (χ0v) is 16.6. The van der Waals surface area contributed by atoms with Crippen LogP contribution in [0.1, 0.15) is 31.1 Å².